The Labute approximate surface area is 185 Å². The van der Waals surface area contributed by atoms with Gasteiger partial charge in [-0.15, -0.1) is 0 Å². The molecule has 4 aromatic rings. The van der Waals surface area contributed by atoms with Gasteiger partial charge in [-0.3, -0.25) is 0 Å². The molecule has 0 atom stereocenters. The zero-order chi connectivity index (χ0) is 22.0. The Morgan fingerprint density at radius 3 is 2.32 bits per heavy atom. The van der Waals surface area contributed by atoms with Gasteiger partial charge in [0.2, 0.25) is 0 Å². The van der Waals surface area contributed by atoms with Crippen LogP contribution in [0.5, 0.6) is 0 Å². The lowest BCUT2D eigenvalue weighted by molar-refractivity contribution is 0.0697. The van der Waals surface area contributed by atoms with Crippen LogP contribution in [-0.2, 0) is 6.54 Å². The number of carboxylic acid groups (broad SMARTS) is 1. The normalized spacial score (nSPS) is 11.5. The molecule has 4 nitrogen and oxygen atoms in total. The molecule has 1 N–H and O–H groups in total. The first-order valence-corrected chi connectivity index (χ1v) is 10.1. The number of nitriles is 1. The largest absolute Gasteiger partial charge is 0.478 e. The van der Waals surface area contributed by atoms with Gasteiger partial charge in [0.1, 0.15) is 0 Å². The third kappa shape index (κ3) is 4.09. The van der Waals surface area contributed by atoms with Crippen LogP contribution in [0.15, 0.2) is 72.8 Å². The van der Waals surface area contributed by atoms with Crippen LogP contribution < -0.4 is 0 Å². The van der Waals surface area contributed by atoms with Gasteiger partial charge in [0, 0.05) is 33.7 Å². The first kappa shape index (κ1) is 20.5. The molecule has 0 aliphatic carbocycles. The van der Waals surface area contributed by atoms with E-state index in [4.69, 9.17) is 16.7 Å². The quantitative estimate of drug-likeness (QED) is 0.375. The van der Waals surface area contributed by atoms with Gasteiger partial charge in [-0.25, -0.2) is 4.79 Å². The van der Waals surface area contributed by atoms with E-state index >= 15 is 0 Å². The number of aromatic nitrogens is 1. The van der Waals surface area contributed by atoms with Gasteiger partial charge in [0.05, 0.1) is 17.2 Å². The topological polar surface area (TPSA) is 66.0 Å². The molecule has 0 amide bonds. The zero-order valence-corrected chi connectivity index (χ0v) is 17.6. The van der Waals surface area contributed by atoms with Crippen molar-refractivity contribution in [2.45, 2.75) is 13.5 Å². The van der Waals surface area contributed by atoms with Crippen LogP contribution in [0, 0.1) is 18.3 Å². The van der Waals surface area contributed by atoms with Crippen LogP contribution in [0.4, 0.5) is 0 Å². The highest BCUT2D eigenvalue weighted by atomic mass is 35.5. The average molecular weight is 427 g/mol. The number of carbonyl (C=O) groups is 1. The van der Waals surface area contributed by atoms with E-state index in [0.29, 0.717) is 22.7 Å². The van der Waals surface area contributed by atoms with Crippen LogP contribution in [0.2, 0.25) is 5.02 Å². The van der Waals surface area contributed by atoms with E-state index in [1.54, 1.807) is 12.1 Å². The summed E-state index contributed by atoms with van der Waals surface area (Å²) in [6.45, 7) is 2.73. The van der Waals surface area contributed by atoms with Gasteiger partial charge >= 0.3 is 5.97 Å². The average Bonchev–Trinajstić information content (AvgIpc) is 3.04. The molecule has 0 spiro atoms. The maximum atomic E-state index is 11.1. The number of para-hydroxylation sites is 1. The molecule has 3 aromatic carbocycles. The van der Waals surface area contributed by atoms with Crippen LogP contribution >= 0.6 is 11.6 Å². The molecule has 0 aliphatic heterocycles. The fourth-order valence-corrected chi connectivity index (χ4v) is 3.86. The van der Waals surface area contributed by atoms with E-state index in [-0.39, 0.29) is 5.56 Å². The van der Waals surface area contributed by atoms with Gasteiger partial charge < -0.3 is 9.67 Å². The van der Waals surface area contributed by atoms with Gasteiger partial charge in [0.25, 0.3) is 0 Å². The number of hydrogen-bond acceptors (Lipinski definition) is 2. The summed E-state index contributed by atoms with van der Waals surface area (Å²) in [6, 6.07) is 24.5. The summed E-state index contributed by atoms with van der Waals surface area (Å²) in [5.74, 6) is -0.991. The minimum atomic E-state index is -0.991. The van der Waals surface area contributed by atoms with Gasteiger partial charge in [-0.1, -0.05) is 54.1 Å². The third-order valence-corrected chi connectivity index (χ3v) is 5.64. The monoisotopic (exact) mass is 426 g/mol. The third-order valence-electron chi connectivity index (χ3n) is 5.39. The Morgan fingerprint density at radius 1 is 1.03 bits per heavy atom. The van der Waals surface area contributed by atoms with Gasteiger partial charge in [-0.2, -0.15) is 5.26 Å². The maximum absolute atomic E-state index is 11.1. The van der Waals surface area contributed by atoms with Gasteiger partial charge in [-0.05, 0) is 54.5 Å². The van der Waals surface area contributed by atoms with Crippen molar-refractivity contribution >= 4 is 40.1 Å². The van der Waals surface area contributed by atoms with Crippen molar-refractivity contribution in [1.29, 1.82) is 5.26 Å². The smallest absolute Gasteiger partial charge is 0.335 e. The van der Waals surface area contributed by atoms with E-state index in [2.05, 4.69) is 22.8 Å². The lowest BCUT2D eigenvalue weighted by Crippen LogP contribution is -2.01. The molecule has 5 heteroatoms. The predicted octanol–water partition coefficient (Wildman–Crippen LogP) is 6.41. The minimum Gasteiger partial charge on any atom is -0.478 e. The maximum Gasteiger partial charge on any atom is 0.335 e. The number of nitrogens with zero attached hydrogens (tertiary/aromatic N) is 2. The Bertz CT molecular complexity index is 1340. The van der Waals surface area contributed by atoms with E-state index in [0.717, 1.165) is 27.7 Å². The first-order valence-electron chi connectivity index (χ1n) is 9.75. The lowest BCUT2D eigenvalue weighted by atomic mass is 10.0. The van der Waals surface area contributed by atoms with E-state index in [9.17, 15) is 10.1 Å². The summed E-state index contributed by atoms with van der Waals surface area (Å²) in [7, 11) is 0. The SMILES string of the molecule is Cc1c(/C=C(/C#N)c2ccc(C(=O)O)cc2)c2ccccc2n1Cc1ccc(Cl)cc1. The van der Waals surface area contributed by atoms with Crippen molar-refractivity contribution in [3.8, 4) is 6.07 Å². The second kappa shape index (κ2) is 8.51. The molecule has 152 valence electrons. The van der Waals surface area contributed by atoms with Crippen molar-refractivity contribution in [2.75, 3.05) is 0 Å². The summed E-state index contributed by atoms with van der Waals surface area (Å²) >= 11 is 6.03. The van der Waals surface area contributed by atoms with Crippen LogP contribution in [0.3, 0.4) is 0 Å². The fourth-order valence-electron chi connectivity index (χ4n) is 3.73. The fraction of sp³-hybridized carbons (Fsp3) is 0.0769. The highest BCUT2D eigenvalue weighted by molar-refractivity contribution is 6.30. The molecule has 0 radical (unpaired) electrons. The minimum absolute atomic E-state index is 0.191. The second-order valence-electron chi connectivity index (χ2n) is 7.28. The summed E-state index contributed by atoms with van der Waals surface area (Å²) in [5.41, 5.74) is 5.59. The van der Waals surface area contributed by atoms with Crippen LogP contribution in [0.1, 0.15) is 32.7 Å². The summed E-state index contributed by atoms with van der Waals surface area (Å²) in [4.78, 5) is 11.1. The van der Waals surface area contributed by atoms with Gasteiger partial charge in [0.15, 0.2) is 0 Å². The molecule has 0 bridgehead atoms. The molecule has 4 rings (SSSR count). The van der Waals surface area contributed by atoms with Crippen molar-refractivity contribution in [3.05, 3.63) is 106 Å². The summed E-state index contributed by atoms with van der Waals surface area (Å²) in [6.07, 6.45) is 1.88. The number of halogens is 1. The van der Waals surface area contributed by atoms with Crippen molar-refractivity contribution in [2.24, 2.45) is 0 Å². The zero-order valence-electron chi connectivity index (χ0n) is 16.8. The number of carboxylic acids is 1. The molecule has 31 heavy (non-hydrogen) atoms. The first-order chi connectivity index (χ1) is 15.0. The Kier molecular flexibility index (Phi) is 5.62. The van der Waals surface area contributed by atoms with E-state index in [1.807, 2.05) is 49.4 Å². The standard InChI is InChI=1S/C26H19ClN2O2/c1-17-24(14-21(15-28)19-8-10-20(11-9-19)26(30)31)23-4-2-3-5-25(23)29(17)16-18-6-12-22(27)13-7-18/h2-14H,16H2,1H3,(H,30,31)/b21-14-. The lowest BCUT2D eigenvalue weighted by Gasteiger charge is -2.09. The molecule has 1 aromatic heterocycles. The van der Waals surface area contributed by atoms with Crippen LogP contribution in [0.25, 0.3) is 22.6 Å². The number of hydrogen-bond donors (Lipinski definition) is 1. The number of allylic oxidation sites excluding steroid dienone is 1. The molecule has 0 saturated heterocycles. The summed E-state index contributed by atoms with van der Waals surface area (Å²) < 4.78 is 2.23. The van der Waals surface area contributed by atoms with E-state index in [1.165, 1.54) is 12.1 Å². The number of rotatable bonds is 5. The second-order valence-corrected chi connectivity index (χ2v) is 7.72. The summed E-state index contributed by atoms with van der Waals surface area (Å²) in [5, 5.41) is 20.7. The number of fused-ring (bicyclic) bond motifs is 1. The molecule has 0 fully saturated rings. The molecular weight excluding hydrogens is 408 g/mol. The van der Waals surface area contributed by atoms with Crippen LogP contribution in [-0.4, -0.2) is 15.6 Å². The predicted molar refractivity (Wildman–Crippen MR) is 124 cm³/mol. The Balaban J connectivity index is 1.81. The van der Waals surface area contributed by atoms with E-state index < -0.39 is 5.97 Å². The Hall–Kier alpha value is -3.81. The molecule has 0 unspecified atom stereocenters. The molecule has 1 heterocycles. The van der Waals surface area contributed by atoms with Crippen molar-refractivity contribution < 1.29 is 9.90 Å². The molecule has 0 saturated carbocycles. The molecule has 0 aliphatic rings. The molecular formula is C26H19ClN2O2. The van der Waals surface area contributed by atoms with Crippen molar-refractivity contribution in [3.63, 3.8) is 0 Å². The highest BCUT2D eigenvalue weighted by Gasteiger charge is 2.14. The highest BCUT2D eigenvalue weighted by Crippen LogP contribution is 2.30. The van der Waals surface area contributed by atoms with Crippen molar-refractivity contribution in [1.82, 2.24) is 4.57 Å². The number of aromatic carboxylic acids is 1. The Morgan fingerprint density at radius 2 is 1.68 bits per heavy atom. The number of benzene rings is 3.